The van der Waals surface area contributed by atoms with Gasteiger partial charge in [0.15, 0.2) is 0 Å². The molecular weight excluding hydrogens is 168 g/mol. The minimum Gasteiger partial charge on any atom is -0.453 e. The average molecular weight is 186 g/mol. The van der Waals surface area contributed by atoms with Crippen molar-refractivity contribution < 1.29 is 9.53 Å². The number of nitrogens with zero attached hydrogens (tertiary/aromatic N) is 1. The fourth-order valence-electron chi connectivity index (χ4n) is 1.61. The SMILES string of the molecule is COC(=O)NCC(C)N1CCCC1. The third kappa shape index (κ3) is 3.22. The third-order valence-corrected chi connectivity index (χ3v) is 2.49. The van der Waals surface area contributed by atoms with Crippen LogP contribution in [0.4, 0.5) is 4.79 Å². The van der Waals surface area contributed by atoms with E-state index < -0.39 is 0 Å². The lowest BCUT2D eigenvalue weighted by Crippen LogP contribution is -2.40. The van der Waals surface area contributed by atoms with Gasteiger partial charge in [0, 0.05) is 12.6 Å². The van der Waals surface area contributed by atoms with Crippen LogP contribution in [0.3, 0.4) is 0 Å². The first kappa shape index (κ1) is 10.3. The number of carbonyl (C=O) groups excluding carboxylic acids is 1. The van der Waals surface area contributed by atoms with E-state index in [0.29, 0.717) is 12.6 Å². The fraction of sp³-hybridized carbons (Fsp3) is 0.889. The maximum atomic E-state index is 10.8. The average Bonchev–Trinajstić information content (AvgIpc) is 2.66. The first-order valence-corrected chi connectivity index (χ1v) is 4.80. The Morgan fingerprint density at radius 1 is 1.54 bits per heavy atom. The lowest BCUT2D eigenvalue weighted by atomic mass is 10.3. The van der Waals surface area contributed by atoms with Gasteiger partial charge in [-0.3, -0.25) is 4.90 Å². The van der Waals surface area contributed by atoms with Crippen LogP contribution in [0.1, 0.15) is 19.8 Å². The topological polar surface area (TPSA) is 41.6 Å². The first-order chi connectivity index (χ1) is 6.24. The summed E-state index contributed by atoms with van der Waals surface area (Å²) < 4.78 is 4.49. The molecule has 13 heavy (non-hydrogen) atoms. The predicted octanol–water partition coefficient (Wildman–Crippen LogP) is 0.827. The second kappa shape index (κ2) is 5.07. The minimum atomic E-state index is -0.342. The molecule has 1 aliphatic rings. The molecule has 1 heterocycles. The van der Waals surface area contributed by atoms with Crippen LogP contribution < -0.4 is 5.32 Å². The Hall–Kier alpha value is -0.770. The van der Waals surface area contributed by atoms with Crippen molar-refractivity contribution in [3.05, 3.63) is 0 Å². The highest BCUT2D eigenvalue weighted by Gasteiger charge is 2.18. The van der Waals surface area contributed by atoms with Gasteiger partial charge in [0.25, 0.3) is 0 Å². The molecule has 0 bridgehead atoms. The van der Waals surface area contributed by atoms with Crippen LogP contribution in [0.2, 0.25) is 0 Å². The smallest absolute Gasteiger partial charge is 0.406 e. The number of carbonyl (C=O) groups is 1. The van der Waals surface area contributed by atoms with E-state index in [9.17, 15) is 4.79 Å². The lowest BCUT2D eigenvalue weighted by molar-refractivity contribution is 0.165. The van der Waals surface area contributed by atoms with Crippen LogP contribution in [-0.4, -0.2) is 43.8 Å². The summed E-state index contributed by atoms with van der Waals surface area (Å²) in [7, 11) is 1.38. The second-order valence-corrected chi connectivity index (χ2v) is 3.46. The Morgan fingerprint density at radius 2 is 2.15 bits per heavy atom. The predicted molar refractivity (Wildman–Crippen MR) is 50.7 cm³/mol. The summed E-state index contributed by atoms with van der Waals surface area (Å²) in [4.78, 5) is 13.2. The van der Waals surface area contributed by atoms with Crippen LogP contribution in [0, 0.1) is 0 Å². The van der Waals surface area contributed by atoms with E-state index in [4.69, 9.17) is 0 Å². The third-order valence-electron chi connectivity index (χ3n) is 2.49. The summed E-state index contributed by atoms with van der Waals surface area (Å²) in [5.74, 6) is 0. The number of hydrogen-bond donors (Lipinski definition) is 1. The standard InChI is InChI=1S/C9H18N2O2/c1-8(7-10-9(12)13-2)11-5-3-4-6-11/h8H,3-7H2,1-2H3,(H,10,12). The monoisotopic (exact) mass is 186 g/mol. The Morgan fingerprint density at radius 3 is 2.69 bits per heavy atom. The number of likely N-dealkylation sites (tertiary alicyclic amines) is 1. The molecule has 1 fully saturated rings. The number of nitrogens with one attached hydrogen (secondary N) is 1. The quantitative estimate of drug-likeness (QED) is 0.709. The lowest BCUT2D eigenvalue weighted by Gasteiger charge is -2.23. The molecule has 1 atom stereocenters. The summed E-state index contributed by atoms with van der Waals surface area (Å²) in [6, 6.07) is 0.418. The molecule has 76 valence electrons. The highest BCUT2D eigenvalue weighted by Crippen LogP contribution is 2.10. The van der Waals surface area contributed by atoms with Crippen molar-refractivity contribution in [3.63, 3.8) is 0 Å². The minimum absolute atomic E-state index is 0.342. The van der Waals surface area contributed by atoms with E-state index in [1.54, 1.807) is 0 Å². The number of ether oxygens (including phenoxy) is 1. The van der Waals surface area contributed by atoms with Gasteiger partial charge in [-0.05, 0) is 32.9 Å². The van der Waals surface area contributed by atoms with Crippen LogP contribution in [0.5, 0.6) is 0 Å². The van der Waals surface area contributed by atoms with Gasteiger partial charge < -0.3 is 10.1 Å². The largest absolute Gasteiger partial charge is 0.453 e. The highest BCUT2D eigenvalue weighted by atomic mass is 16.5. The normalized spacial score (nSPS) is 19.8. The second-order valence-electron chi connectivity index (χ2n) is 3.46. The number of amides is 1. The molecule has 1 amide bonds. The van der Waals surface area contributed by atoms with Crippen molar-refractivity contribution in [1.29, 1.82) is 0 Å². The molecule has 1 rings (SSSR count). The highest BCUT2D eigenvalue weighted by molar-refractivity contribution is 5.66. The zero-order valence-electron chi connectivity index (χ0n) is 8.38. The number of alkyl carbamates (subject to hydrolysis) is 1. The molecule has 0 aromatic rings. The zero-order valence-corrected chi connectivity index (χ0v) is 8.38. The van der Waals surface area contributed by atoms with Crippen molar-refractivity contribution in [2.75, 3.05) is 26.7 Å². The van der Waals surface area contributed by atoms with E-state index in [1.165, 1.54) is 20.0 Å². The molecule has 4 nitrogen and oxygen atoms in total. The van der Waals surface area contributed by atoms with Gasteiger partial charge in [-0.2, -0.15) is 0 Å². The molecule has 0 aliphatic carbocycles. The molecule has 1 unspecified atom stereocenters. The van der Waals surface area contributed by atoms with Crippen LogP contribution in [0.25, 0.3) is 0 Å². The Labute approximate surface area is 79.2 Å². The molecule has 0 radical (unpaired) electrons. The molecule has 0 aromatic carbocycles. The number of hydrogen-bond acceptors (Lipinski definition) is 3. The first-order valence-electron chi connectivity index (χ1n) is 4.80. The van der Waals surface area contributed by atoms with Crippen LogP contribution >= 0.6 is 0 Å². The summed E-state index contributed by atoms with van der Waals surface area (Å²) in [6.07, 6.45) is 2.22. The van der Waals surface area contributed by atoms with Gasteiger partial charge in [0.1, 0.15) is 0 Å². The molecule has 4 heteroatoms. The van der Waals surface area contributed by atoms with Gasteiger partial charge >= 0.3 is 6.09 Å². The molecule has 0 saturated carbocycles. The molecule has 0 spiro atoms. The van der Waals surface area contributed by atoms with Gasteiger partial charge in [-0.25, -0.2) is 4.79 Å². The van der Waals surface area contributed by atoms with Gasteiger partial charge in [-0.15, -0.1) is 0 Å². The molecule has 1 saturated heterocycles. The Bertz CT molecular complexity index is 167. The van der Waals surface area contributed by atoms with Crippen molar-refractivity contribution >= 4 is 6.09 Å². The van der Waals surface area contributed by atoms with Crippen molar-refractivity contribution in [2.45, 2.75) is 25.8 Å². The van der Waals surface area contributed by atoms with E-state index in [-0.39, 0.29) is 6.09 Å². The molecule has 1 aliphatic heterocycles. The maximum Gasteiger partial charge on any atom is 0.406 e. The van der Waals surface area contributed by atoms with E-state index in [0.717, 1.165) is 13.1 Å². The maximum absolute atomic E-state index is 10.8. The summed E-state index contributed by atoms with van der Waals surface area (Å²) in [6.45, 7) is 5.11. The van der Waals surface area contributed by atoms with Crippen molar-refractivity contribution in [2.24, 2.45) is 0 Å². The Balaban J connectivity index is 2.16. The molecular formula is C9H18N2O2. The van der Waals surface area contributed by atoms with Crippen molar-refractivity contribution in [1.82, 2.24) is 10.2 Å². The van der Waals surface area contributed by atoms with Crippen LogP contribution in [0.15, 0.2) is 0 Å². The molecule has 1 N–H and O–H groups in total. The van der Waals surface area contributed by atoms with Gasteiger partial charge in [-0.1, -0.05) is 0 Å². The summed E-state index contributed by atoms with van der Waals surface area (Å²) in [5.41, 5.74) is 0. The number of methoxy groups -OCH3 is 1. The van der Waals surface area contributed by atoms with Crippen molar-refractivity contribution in [3.8, 4) is 0 Å². The number of rotatable bonds is 3. The zero-order chi connectivity index (χ0) is 9.68. The fourth-order valence-corrected chi connectivity index (χ4v) is 1.61. The van der Waals surface area contributed by atoms with Gasteiger partial charge in [0.05, 0.1) is 7.11 Å². The van der Waals surface area contributed by atoms with Crippen LogP contribution in [-0.2, 0) is 4.74 Å². The summed E-state index contributed by atoms with van der Waals surface area (Å²) in [5, 5.41) is 2.71. The Kier molecular flexibility index (Phi) is 4.02. The summed E-state index contributed by atoms with van der Waals surface area (Å²) >= 11 is 0. The van der Waals surface area contributed by atoms with Gasteiger partial charge in [0.2, 0.25) is 0 Å². The van der Waals surface area contributed by atoms with E-state index in [1.807, 2.05) is 0 Å². The van der Waals surface area contributed by atoms with E-state index in [2.05, 4.69) is 21.9 Å². The molecule has 0 aromatic heterocycles. The van der Waals surface area contributed by atoms with E-state index >= 15 is 0 Å².